The summed E-state index contributed by atoms with van der Waals surface area (Å²) in [5.41, 5.74) is 0. The van der Waals surface area contributed by atoms with Crippen LogP contribution in [-0.2, 0) is 4.79 Å². The predicted molar refractivity (Wildman–Crippen MR) is 49.5 cm³/mol. The average molecular weight is 182 g/mol. The Morgan fingerprint density at radius 2 is 2.54 bits per heavy atom. The molecule has 0 aromatic heterocycles. The van der Waals surface area contributed by atoms with Gasteiger partial charge in [0.1, 0.15) is 0 Å². The van der Waals surface area contributed by atoms with Crippen LogP contribution in [0.15, 0.2) is 4.99 Å². The molecular formula is C8H14N4O. The lowest BCUT2D eigenvalue weighted by Gasteiger charge is -2.11. The molecule has 3 N–H and O–H groups in total. The lowest BCUT2D eigenvalue weighted by Crippen LogP contribution is -2.42. The Morgan fingerprint density at radius 3 is 3.15 bits per heavy atom. The van der Waals surface area contributed by atoms with E-state index in [0.29, 0.717) is 6.42 Å². The van der Waals surface area contributed by atoms with Crippen molar-refractivity contribution in [3.05, 3.63) is 0 Å². The summed E-state index contributed by atoms with van der Waals surface area (Å²) in [6.07, 6.45) is 1.59. The number of guanidine groups is 1. The molecule has 1 atom stereocenters. The van der Waals surface area contributed by atoms with Gasteiger partial charge in [-0.3, -0.25) is 9.79 Å². The molecule has 5 heteroatoms. The standard InChI is InChI=1S/C8H14N4O/c13-7-2-1-6(12-7)5-11-8-9-3-4-10-8/h6H,1-5H2,(H,12,13)(H2,9,10,11). The molecule has 1 unspecified atom stereocenters. The average Bonchev–Trinajstić information content (AvgIpc) is 2.71. The minimum atomic E-state index is 0.160. The second-order valence-corrected chi connectivity index (χ2v) is 3.34. The maximum Gasteiger partial charge on any atom is 0.220 e. The fourth-order valence-corrected chi connectivity index (χ4v) is 1.57. The zero-order valence-electron chi connectivity index (χ0n) is 7.47. The summed E-state index contributed by atoms with van der Waals surface area (Å²) in [5, 5.41) is 9.18. The van der Waals surface area contributed by atoms with Gasteiger partial charge in [-0.2, -0.15) is 0 Å². The number of amides is 1. The van der Waals surface area contributed by atoms with Crippen LogP contribution in [0.4, 0.5) is 0 Å². The fourth-order valence-electron chi connectivity index (χ4n) is 1.57. The van der Waals surface area contributed by atoms with Crippen molar-refractivity contribution < 1.29 is 4.79 Å². The molecule has 2 heterocycles. The molecule has 5 nitrogen and oxygen atoms in total. The number of hydrogen-bond acceptors (Lipinski definition) is 4. The van der Waals surface area contributed by atoms with Crippen LogP contribution in [0.2, 0.25) is 0 Å². The minimum absolute atomic E-state index is 0.160. The number of rotatable bonds is 2. The van der Waals surface area contributed by atoms with Crippen LogP contribution in [-0.4, -0.2) is 37.5 Å². The summed E-state index contributed by atoms with van der Waals surface area (Å²) >= 11 is 0. The second-order valence-electron chi connectivity index (χ2n) is 3.34. The van der Waals surface area contributed by atoms with Gasteiger partial charge < -0.3 is 16.0 Å². The molecule has 72 valence electrons. The monoisotopic (exact) mass is 182 g/mol. The number of carbonyl (C=O) groups is 1. The van der Waals surface area contributed by atoms with Gasteiger partial charge in [-0.1, -0.05) is 0 Å². The molecule has 2 aliphatic rings. The summed E-state index contributed by atoms with van der Waals surface area (Å²) < 4.78 is 0. The summed E-state index contributed by atoms with van der Waals surface area (Å²) in [4.78, 5) is 15.1. The molecule has 0 aromatic rings. The van der Waals surface area contributed by atoms with E-state index in [4.69, 9.17) is 0 Å². The van der Waals surface area contributed by atoms with Crippen LogP contribution in [0.3, 0.4) is 0 Å². The maximum absolute atomic E-state index is 10.9. The van der Waals surface area contributed by atoms with Crippen LogP contribution in [0.5, 0.6) is 0 Å². The fraction of sp³-hybridized carbons (Fsp3) is 0.750. The van der Waals surface area contributed by atoms with Gasteiger partial charge in [0.05, 0.1) is 6.54 Å². The molecule has 2 aliphatic heterocycles. The van der Waals surface area contributed by atoms with E-state index in [1.807, 2.05) is 0 Å². The van der Waals surface area contributed by atoms with Crippen molar-refractivity contribution in [1.82, 2.24) is 16.0 Å². The van der Waals surface area contributed by atoms with E-state index in [9.17, 15) is 4.79 Å². The Morgan fingerprint density at radius 1 is 1.62 bits per heavy atom. The molecule has 0 aromatic carbocycles. The highest BCUT2D eigenvalue weighted by atomic mass is 16.1. The summed E-state index contributed by atoms with van der Waals surface area (Å²) in [5.74, 6) is 1.02. The zero-order chi connectivity index (χ0) is 9.10. The number of nitrogens with zero attached hydrogens (tertiary/aromatic N) is 1. The van der Waals surface area contributed by atoms with Crippen molar-refractivity contribution in [1.29, 1.82) is 0 Å². The molecule has 1 saturated heterocycles. The normalized spacial score (nSPS) is 26.6. The van der Waals surface area contributed by atoms with Gasteiger partial charge in [0, 0.05) is 25.6 Å². The van der Waals surface area contributed by atoms with Gasteiger partial charge in [-0.25, -0.2) is 0 Å². The minimum Gasteiger partial charge on any atom is -0.355 e. The van der Waals surface area contributed by atoms with E-state index < -0.39 is 0 Å². The maximum atomic E-state index is 10.9. The van der Waals surface area contributed by atoms with Crippen molar-refractivity contribution in [3.8, 4) is 0 Å². The first-order valence-corrected chi connectivity index (χ1v) is 4.66. The third-order valence-corrected chi connectivity index (χ3v) is 2.28. The number of hydrogen-bond donors (Lipinski definition) is 3. The molecule has 0 bridgehead atoms. The first-order valence-electron chi connectivity index (χ1n) is 4.66. The van der Waals surface area contributed by atoms with Gasteiger partial charge in [-0.15, -0.1) is 0 Å². The van der Waals surface area contributed by atoms with E-state index in [1.54, 1.807) is 0 Å². The van der Waals surface area contributed by atoms with Crippen molar-refractivity contribution in [2.24, 2.45) is 4.99 Å². The summed E-state index contributed by atoms with van der Waals surface area (Å²) in [6.45, 7) is 2.54. The van der Waals surface area contributed by atoms with Crippen molar-refractivity contribution in [2.45, 2.75) is 18.9 Å². The third kappa shape index (κ3) is 2.11. The van der Waals surface area contributed by atoms with Crippen molar-refractivity contribution >= 4 is 11.9 Å². The van der Waals surface area contributed by atoms with E-state index in [0.717, 1.165) is 32.0 Å². The number of carbonyl (C=O) groups excluding carboxylic acids is 1. The first kappa shape index (κ1) is 8.34. The van der Waals surface area contributed by atoms with Crippen LogP contribution in [0.1, 0.15) is 12.8 Å². The highest BCUT2D eigenvalue weighted by molar-refractivity contribution is 5.81. The molecule has 0 saturated carbocycles. The predicted octanol–water partition coefficient (Wildman–Crippen LogP) is -1.19. The largest absolute Gasteiger partial charge is 0.355 e. The summed E-state index contributed by atoms with van der Waals surface area (Å²) in [6, 6.07) is 0.276. The molecule has 0 radical (unpaired) electrons. The first-order chi connectivity index (χ1) is 6.34. The van der Waals surface area contributed by atoms with Gasteiger partial charge in [0.15, 0.2) is 5.96 Å². The van der Waals surface area contributed by atoms with E-state index in [1.165, 1.54) is 0 Å². The van der Waals surface area contributed by atoms with Crippen molar-refractivity contribution in [3.63, 3.8) is 0 Å². The Balaban J connectivity index is 1.70. The van der Waals surface area contributed by atoms with E-state index in [-0.39, 0.29) is 11.9 Å². The van der Waals surface area contributed by atoms with E-state index in [2.05, 4.69) is 20.9 Å². The Bertz CT molecular complexity index is 238. The van der Waals surface area contributed by atoms with Crippen LogP contribution in [0.25, 0.3) is 0 Å². The Labute approximate surface area is 77.0 Å². The highest BCUT2D eigenvalue weighted by Crippen LogP contribution is 2.04. The van der Waals surface area contributed by atoms with Crippen LogP contribution < -0.4 is 16.0 Å². The molecule has 0 aliphatic carbocycles. The van der Waals surface area contributed by atoms with Gasteiger partial charge in [0.25, 0.3) is 0 Å². The lowest BCUT2D eigenvalue weighted by molar-refractivity contribution is -0.119. The molecule has 13 heavy (non-hydrogen) atoms. The quantitative estimate of drug-likeness (QED) is 0.503. The number of aliphatic imine (C=N–C) groups is 1. The molecule has 1 fully saturated rings. The zero-order valence-corrected chi connectivity index (χ0v) is 7.47. The third-order valence-electron chi connectivity index (χ3n) is 2.28. The molecule has 2 rings (SSSR count). The highest BCUT2D eigenvalue weighted by Gasteiger charge is 2.20. The van der Waals surface area contributed by atoms with E-state index >= 15 is 0 Å². The number of nitrogens with one attached hydrogen (secondary N) is 3. The second kappa shape index (κ2) is 3.64. The lowest BCUT2D eigenvalue weighted by atomic mass is 10.2. The van der Waals surface area contributed by atoms with Crippen molar-refractivity contribution in [2.75, 3.05) is 19.6 Å². The smallest absolute Gasteiger partial charge is 0.220 e. The molecular weight excluding hydrogens is 168 g/mol. The summed E-state index contributed by atoms with van der Waals surface area (Å²) in [7, 11) is 0. The topological polar surface area (TPSA) is 65.5 Å². The van der Waals surface area contributed by atoms with Gasteiger partial charge >= 0.3 is 0 Å². The molecule has 1 amide bonds. The molecule has 0 spiro atoms. The Kier molecular flexibility index (Phi) is 2.33. The van der Waals surface area contributed by atoms with Gasteiger partial charge in [0.2, 0.25) is 5.91 Å². The SMILES string of the molecule is O=C1CCC(CNC2=NCCN2)N1. The van der Waals surface area contributed by atoms with Crippen LogP contribution in [0, 0.1) is 0 Å². The van der Waals surface area contributed by atoms with Gasteiger partial charge in [-0.05, 0) is 6.42 Å². The Hall–Kier alpha value is -1.26. The van der Waals surface area contributed by atoms with Crippen LogP contribution >= 0.6 is 0 Å².